The summed E-state index contributed by atoms with van der Waals surface area (Å²) in [4.78, 5) is 25.8. The zero-order chi connectivity index (χ0) is 13.9. The van der Waals surface area contributed by atoms with E-state index in [0.29, 0.717) is 13.1 Å². The summed E-state index contributed by atoms with van der Waals surface area (Å²) in [5.74, 6) is -0.837. The molecule has 0 aromatic rings. The fourth-order valence-corrected chi connectivity index (χ4v) is 1.95. The molecule has 18 heavy (non-hydrogen) atoms. The average molecular weight is 258 g/mol. The Kier molecular flexibility index (Phi) is 4.56. The van der Waals surface area contributed by atoms with Gasteiger partial charge in [-0.25, -0.2) is 4.79 Å². The van der Waals surface area contributed by atoms with Gasteiger partial charge in [0.25, 0.3) is 0 Å². The lowest BCUT2D eigenvalue weighted by Crippen LogP contribution is -2.42. The standard InChI is InChI=1S/C12H22N2O4/c1-12(2,3)18-11(17)13(4)9-5-6-14(7-9)8-10(15)16/h9H,5-8H2,1-4H3,(H,15,16)/t9-/m0/s1. The number of hydrogen-bond donors (Lipinski definition) is 1. The molecule has 0 radical (unpaired) electrons. The van der Waals surface area contributed by atoms with Gasteiger partial charge in [-0.05, 0) is 27.2 Å². The van der Waals surface area contributed by atoms with Crippen LogP contribution in [0, 0.1) is 0 Å². The molecule has 1 amide bonds. The molecule has 6 heteroatoms. The van der Waals surface area contributed by atoms with Gasteiger partial charge in [0.1, 0.15) is 5.60 Å². The molecule has 1 aliphatic rings. The maximum atomic E-state index is 11.8. The quantitative estimate of drug-likeness (QED) is 0.818. The molecule has 0 aliphatic carbocycles. The molecular formula is C12H22N2O4. The Labute approximate surface area is 107 Å². The molecule has 1 atom stereocenters. The number of likely N-dealkylation sites (N-methyl/N-ethyl adjacent to an activating group) is 1. The lowest BCUT2D eigenvalue weighted by Gasteiger charge is -2.28. The number of ether oxygens (including phenoxy) is 1. The van der Waals surface area contributed by atoms with E-state index in [1.165, 1.54) is 0 Å². The minimum atomic E-state index is -0.837. The number of carboxylic acid groups (broad SMARTS) is 1. The summed E-state index contributed by atoms with van der Waals surface area (Å²) in [5, 5.41) is 8.71. The lowest BCUT2D eigenvalue weighted by molar-refractivity contribution is -0.138. The van der Waals surface area contributed by atoms with E-state index in [2.05, 4.69) is 0 Å². The van der Waals surface area contributed by atoms with Crippen LogP contribution in [0.15, 0.2) is 0 Å². The first-order valence-corrected chi connectivity index (χ1v) is 6.09. The maximum absolute atomic E-state index is 11.8. The third-order valence-corrected chi connectivity index (χ3v) is 2.84. The van der Waals surface area contributed by atoms with E-state index < -0.39 is 11.6 Å². The van der Waals surface area contributed by atoms with Crippen molar-refractivity contribution >= 4 is 12.1 Å². The number of carbonyl (C=O) groups excluding carboxylic acids is 1. The minimum absolute atomic E-state index is 0.0264. The van der Waals surface area contributed by atoms with Crippen molar-refractivity contribution in [2.24, 2.45) is 0 Å². The van der Waals surface area contributed by atoms with E-state index in [4.69, 9.17) is 9.84 Å². The topological polar surface area (TPSA) is 70.1 Å². The van der Waals surface area contributed by atoms with E-state index >= 15 is 0 Å². The normalized spacial score (nSPS) is 20.8. The molecule has 0 spiro atoms. The fourth-order valence-electron chi connectivity index (χ4n) is 1.95. The highest BCUT2D eigenvalue weighted by atomic mass is 16.6. The summed E-state index contributed by atoms with van der Waals surface area (Å²) < 4.78 is 5.28. The maximum Gasteiger partial charge on any atom is 0.410 e. The van der Waals surface area contributed by atoms with Crippen LogP contribution in [0.4, 0.5) is 4.79 Å². The van der Waals surface area contributed by atoms with E-state index in [9.17, 15) is 9.59 Å². The van der Waals surface area contributed by atoms with Gasteiger partial charge in [-0.3, -0.25) is 9.69 Å². The molecule has 1 aliphatic heterocycles. The van der Waals surface area contributed by atoms with Crippen LogP contribution in [-0.4, -0.2) is 65.3 Å². The molecular weight excluding hydrogens is 236 g/mol. The van der Waals surface area contributed by atoms with Crippen molar-refractivity contribution in [1.82, 2.24) is 9.80 Å². The van der Waals surface area contributed by atoms with Crippen molar-refractivity contribution in [2.45, 2.75) is 38.8 Å². The van der Waals surface area contributed by atoms with Crippen molar-refractivity contribution < 1.29 is 19.4 Å². The number of hydrogen-bond acceptors (Lipinski definition) is 4. The summed E-state index contributed by atoms with van der Waals surface area (Å²) in [7, 11) is 1.70. The highest BCUT2D eigenvalue weighted by Gasteiger charge is 2.31. The molecule has 0 saturated carbocycles. The number of carboxylic acids is 1. The van der Waals surface area contributed by atoms with Gasteiger partial charge in [-0.1, -0.05) is 0 Å². The summed E-state index contributed by atoms with van der Waals surface area (Å²) in [5.41, 5.74) is -0.509. The Hall–Kier alpha value is -1.30. The van der Waals surface area contributed by atoms with Gasteiger partial charge < -0.3 is 14.7 Å². The largest absolute Gasteiger partial charge is 0.480 e. The van der Waals surface area contributed by atoms with Crippen molar-refractivity contribution in [3.8, 4) is 0 Å². The average Bonchev–Trinajstić information content (AvgIpc) is 2.61. The zero-order valence-corrected chi connectivity index (χ0v) is 11.5. The molecule has 6 nitrogen and oxygen atoms in total. The third kappa shape index (κ3) is 4.52. The van der Waals surface area contributed by atoms with E-state index in [-0.39, 0.29) is 18.7 Å². The van der Waals surface area contributed by atoms with Crippen LogP contribution in [-0.2, 0) is 9.53 Å². The van der Waals surface area contributed by atoms with Crippen LogP contribution in [0.3, 0.4) is 0 Å². The number of carbonyl (C=O) groups is 2. The molecule has 0 aromatic carbocycles. The molecule has 1 fully saturated rings. The Bertz CT molecular complexity index is 325. The fraction of sp³-hybridized carbons (Fsp3) is 0.833. The van der Waals surface area contributed by atoms with Crippen molar-refractivity contribution in [3.63, 3.8) is 0 Å². The Morgan fingerprint density at radius 2 is 2.06 bits per heavy atom. The Morgan fingerprint density at radius 3 is 2.56 bits per heavy atom. The number of likely N-dealkylation sites (tertiary alicyclic amines) is 1. The monoisotopic (exact) mass is 258 g/mol. The van der Waals surface area contributed by atoms with Crippen molar-refractivity contribution in [2.75, 3.05) is 26.7 Å². The summed E-state index contributed by atoms with van der Waals surface area (Å²) in [6, 6.07) is 0.0270. The number of nitrogens with zero attached hydrogens (tertiary/aromatic N) is 2. The lowest BCUT2D eigenvalue weighted by atomic mass is 10.2. The predicted molar refractivity (Wildman–Crippen MR) is 66.5 cm³/mol. The van der Waals surface area contributed by atoms with Crippen molar-refractivity contribution in [1.29, 1.82) is 0 Å². The van der Waals surface area contributed by atoms with Gasteiger partial charge >= 0.3 is 12.1 Å². The molecule has 1 rings (SSSR count). The van der Waals surface area contributed by atoms with E-state index in [0.717, 1.165) is 6.42 Å². The van der Waals surface area contributed by atoms with Gasteiger partial charge in [0.05, 0.1) is 6.54 Å². The summed E-state index contributed by atoms with van der Waals surface area (Å²) in [6.07, 6.45) is 0.424. The molecule has 0 unspecified atom stereocenters. The highest BCUT2D eigenvalue weighted by molar-refractivity contribution is 5.69. The highest BCUT2D eigenvalue weighted by Crippen LogP contribution is 2.17. The molecule has 0 bridgehead atoms. The van der Waals surface area contributed by atoms with Crippen LogP contribution in [0.2, 0.25) is 0 Å². The number of aliphatic carboxylic acids is 1. The van der Waals surface area contributed by atoms with Crippen LogP contribution >= 0.6 is 0 Å². The second kappa shape index (κ2) is 5.56. The first-order valence-electron chi connectivity index (χ1n) is 6.09. The van der Waals surface area contributed by atoms with Gasteiger partial charge in [0.2, 0.25) is 0 Å². The van der Waals surface area contributed by atoms with E-state index in [1.807, 2.05) is 25.7 Å². The predicted octanol–water partition coefficient (Wildman–Crippen LogP) is 1.01. The van der Waals surface area contributed by atoms with E-state index in [1.54, 1.807) is 11.9 Å². The van der Waals surface area contributed by atoms with Crippen molar-refractivity contribution in [3.05, 3.63) is 0 Å². The smallest absolute Gasteiger partial charge is 0.410 e. The van der Waals surface area contributed by atoms with Crippen LogP contribution < -0.4 is 0 Å². The van der Waals surface area contributed by atoms with Gasteiger partial charge in [-0.2, -0.15) is 0 Å². The SMILES string of the molecule is CN(C(=O)OC(C)(C)C)[C@H]1CCN(CC(=O)O)C1. The van der Waals surface area contributed by atoms with Crippen LogP contribution in [0.1, 0.15) is 27.2 Å². The molecule has 1 saturated heterocycles. The summed E-state index contributed by atoms with van der Waals surface area (Å²) in [6.45, 7) is 6.78. The molecule has 1 heterocycles. The molecule has 104 valence electrons. The Morgan fingerprint density at radius 1 is 1.44 bits per heavy atom. The number of amides is 1. The van der Waals surface area contributed by atoms with Gasteiger partial charge in [0.15, 0.2) is 0 Å². The zero-order valence-electron chi connectivity index (χ0n) is 11.5. The number of rotatable bonds is 3. The summed E-state index contributed by atoms with van der Waals surface area (Å²) >= 11 is 0. The van der Waals surface area contributed by atoms with Crippen LogP contribution in [0.5, 0.6) is 0 Å². The minimum Gasteiger partial charge on any atom is -0.480 e. The first-order chi connectivity index (χ1) is 8.19. The molecule has 0 aromatic heterocycles. The van der Waals surface area contributed by atoms with Crippen LogP contribution in [0.25, 0.3) is 0 Å². The van der Waals surface area contributed by atoms with Gasteiger partial charge in [-0.15, -0.1) is 0 Å². The second-order valence-corrected chi connectivity index (χ2v) is 5.66. The van der Waals surface area contributed by atoms with Gasteiger partial charge in [0, 0.05) is 26.2 Å². The third-order valence-electron chi connectivity index (χ3n) is 2.84. The first kappa shape index (κ1) is 14.8. The molecule has 1 N–H and O–H groups in total. The Balaban J connectivity index is 2.46. The second-order valence-electron chi connectivity index (χ2n) is 5.66.